The van der Waals surface area contributed by atoms with Gasteiger partial charge < -0.3 is 0 Å². The highest BCUT2D eigenvalue weighted by Crippen LogP contribution is 2.20. The van der Waals surface area contributed by atoms with Gasteiger partial charge in [0, 0.05) is 36.8 Å². The fourth-order valence-corrected chi connectivity index (χ4v) is 1.68. The van der Waals surface area contributed by atoms with Crippen molar-refractivity contribution >= 4 is 6.08 Å². The zero-order chi connectivity index (χ0) is 11.4. The number of benzene rings is 2. The molecule has 0 saturated carbocycles. The molecule has 0 N–H and O–H groups in total. The second-order valence-corrected chi connectivity index (χ2v) is 3.82. The lowest BCUT2D eigenvalue weighted by molar-refractivity contribution is 1.56. The van der Waals surface area contributed by atoms with Gasteiger partial charge in [-0.15, -0.1) is 0 Å². The van der Waals surface area contributed by atoms with E-state index in [9.17, 15) is 0 Å². The molecule has 0 radical (unpaired) electrons. The Bertz CT molecular complexity index is 472. The average Bonchev–Trinajstić information content (AvgIpc) is 2.32. The van der Waals surface area contributed by atoms with Crippen molar-refractivity contribution in [2.45, 2.75) is 6.92 Å². The maximum atomic E-state index is 3.88. The van der Waals surface area contributed by atoms with Gasteiger partial charge in [0.25, 0.3) is 0 Å². The quantitative estimate of drug-likeness (QED) is 0.633. The van der Waals surface area contributed by atoms with Gasteiger partial charge in [-0.05, 0) is 18.1 Å². The van der Waals surface area contributed by atoms with Crippen molar-refractivity contribution < 1.29 is 0 Å². The van der Waals surface area contributed by atoms with E-state index < -0.39 is 0 Å². The number of allylic oxidation sites excluding steroid dienone is 1. The van der Waals surface area contributed by atoms with E-state index in [-0.39, 0.29) is 0 Å². The zero-order valence-electron chi connectivity index (χ0n) is 9.48. The van der Waals surface area contributed by atoms with Gasteiger partial charge in [-0.25, -0.2) is 0 Å². The Morgan fingerprint density at radius 1 is 0.812 bits per heavy atom. The van der Waals surface area contributed by atoms with Crippen molar-refractivity contribution in [1.82, 2.24) is 0 Å². The van der Waals surface area contributed by atoms with Gasteiger partial charge in [0.05, 0.1) is 0 Å². The van der Waals surface area contributed by atoms with Crippen LogP contribution in [0.3, 0.4) is 0 Å². The molecule has 0 aliphatic rings. The van der Waals surface area contributed by atoms with E-state index >= 15 is 0 Å². The van der Waals surface area contributed by atoms with Gasteiger partial charge in [-0.1, -0.05) is 36.4 Å². The predicted octanol–water partition coefficient (Wildman–Crippen LogP) is 4.57. The normalized spacial score (nSPS) is 10.8. The fraction of sp³-hybridized carbons (Fsp3) is 0.0625. The minimum Gasteiger partial charge on any atom is -0.0871 e. The van der Waals surface area contributed by atoms with Gasteiger partial charge in [0.2, 0.25) is 0 Å². The first-order chi connectivity index (χ1) is 7.79. The summed E-state index contributed by atoms with van der Waals surface area (Å²) >= 11 is 0. The zero-order valence-corrected chi connectivity index (χ0v) is 9.48. The molecule has 0 amide bonds. The van der Waals surface area contributed by atoms with Crippen LogP contribution in [0.15, 0.2) is 54.6 Å². The molecule has 0 aliphatic heterocycles. The van der Waals surface area contributed by atoms with Crippen LogP contribution in [0.1, 0.15) is 18.1 Å². The van der Waals surface area contributed by atoms with Gasteiger partial charge in [-0.2, -0.15) is 0 Å². The van der Waals surface area contributed by atoms with Crippen LogP contribution in [0.2, 0.25) is 0 Å². The maximum absolute atomic E-state index is 3.88. The predicted molar refractivity (Wildman–Crippen MR) is 71.0 cm³/mol. The Kier molecular flexibility index (Phi) is 3.11. The smallest absolute Gasteiger partial charge is 0.0871 e. The Labute approximate surface area is 97.3 Å². The molecule has 0 heterocycles. The fourth-order valence-electron chi connectivity index (χ4n) is 1.68. The summed E-state index contributed by atoms with van der Waals surface area (Å²) in [7, 11) is 0. The first-order valence-electron chi connectivity index (χ1n) is 5.45. The molecule has 16 heavy (non-hydrogen) atoms. The summed E-state index contributed by atoms with van der Waals surface area (Å²) in [6.45, 7) is 5.91. The first-order valence-corrected chi connectivity index (χ1v) is 5.45. The van der Waals surface area contributed by atoms with Crippen molar-refractivity contribution in [2.24, 2.45) is 0 Å². The molecule has 0 bridgehead atoms. The Morgan fingerprint density at radius 3 is 1.81 bits per heavy atom. The van der Waals surface area contributed by atoms with Crippen LogP contribution in [0.25, 0.3) is 17.2 Å². The van der Waals surface area contributed by atoms with Crippen LogP contribution in [0.5, 0.6) is 0 Å². The van der Waals surface area contributed by atoms with Crippen LogP contribution in [0, 0.1) is 6.92 Å². The molecular weight excluding hydrogens is 192 g/mol. The molecule has 2 aromatic carbocycles. The minimum absolute atomic E-state index is 1.05. The molecule has 78 valence electrons. The van der Waals surface area contributed by atoms with E-state index in [2.05, 4.69) is 49.4 Å². The third-order valence-corrected chi connectivity index (χ3v) is 2.56. The van der Waals surface area contributed by atoms with Crippen LogP contribution >= 0.6 is 0 Å². The lowest BCUT2D eigenvalue weighted by Crippen LogP contribution is -1.79. The van der Waals surface area contributed by atoms with Crippen molar-refractivity contribution in [2.75, 3.05) is 0 Å². The molecule has 0 unspecified atom stereocenters. The SMILES string of the molecule is [CH2+]c1ccc(-c2ccc(/C=C/C)cc2)cc1. The number of hydrogen-bond donors (Lipinski definition) is 0. The summed E-state index contributed by atoms with van der Waals surface area (Å²) in [5, 5.41) is 0. The highest BCUT2D eigenvalue weighted by atomic mass is 14.0. The summed E-state index contributed by atoms with van der Waals surface area (Å²) in [5.41, 5.74) is 4.77. The number of hydrogen-bond acceptors (Lipinski definition) is 0. The molecule has 0 saturated heterocycles. The molecular formula is C16H15+. The summed E-state index contributed by atoms with van der Waals surface area (Å²) < 4.78 is 0. The van der Waals surface area contributed by atoms with E-state index in [0.29, 0.717) is 0 Å². The van der Waals surface area contributed by atoms with E-state index in [1.807, 2.05) is 25.1 Å². The third-order valence-electron chi connectivity index (χ3n) is 2.56. The lowest BCUT2D eigenvalue weighted by atomic mass is 10.0. The Hall–Kier alpha value is -1.95. The summed E-state index contributed by atoms with van der Waals surface area (Å²) in [6.07, 6.45) is 4.15. The van der Waals surface area contributed by atoms with Gasteiger partial charge in [0.15, 0.2) is 0 Å². The second-order valence-electron chi connectivity index (χ2n) is 3.82. The third kappa shape index (κ3) is 2.34. The Morgan fingerprint density at radius 2 is 1.31 bits per heavy atom. The lowest BCUT2D eigenvalue weighted by Gasteiger charge is -2.00. The molecule has 0 heteroatoms. The van der Waals surface area contributed by atoms with Crippen molar-refractivity contribution in [3.05, 3.63) is 72.7 Å². The second kappa shape index (κ2) is 4.71. The molecule has 2 rings (SSSR count). The Balaban J connectivity index is 2.31. The summed E-state index contributed by atoms with van der Waals surface area (Å²) in [6, 6.07) is 16.8. The minimum atomic E-state index is 1.05. The van der Waals surface area contributed by atoms with E-state index in [1.54, 1.807) is 0 Å². The highest BCUT2D eigenvalue weighted by molar-refractivity contribution is 5.66. The largest absolute Gasteiger partial charge is 0.126 e. The molecule has 2 aromatic rings. The van der Waals surface area contributed by atoms with E-state index in [0.717, 1.165) is 5.56 Å². The van der Waals surface area contributed by atoms with Crippen molar-refractivity contribution in [1.29, 1.82) is 0 Å². The van der Waals surface area contributed by atoms with Crippen molar-refractivity contribution in [3.8, 4) is 11.1 Å². The van der Waals surface area contributed by atoms with Gasteiger partial charge >= 0.3 is 0 Å². The number of rotatable bonds is 2. The van der Waals surface area contributed by atoms with Crippen LogP contribution in [0.4, 0.5) is 0 Å². The van der Waals surface area contributed by atoms with Gasteiger partial charge in [0.1, 0.15) is 5.56 Å². The molecule has 0 nitrogen and oxygen atoms in total. The summed E-state index contributed by atoms with van der Waals surface area (Å²) in [5.74, 6) is 0. The monoisotopic (exact) mass is 207 g/mol. The molecule has 0 aliphatic carbocycles. The molecule has 0 fully saturated rings. The topological polar surface area (TPSA) is 0 Å². The van der Waals surface area contributed by atoms with E-state index in [4.69, 9.17) is 0 Å². The standard InChI is InChI=1S/C16H15/c1-3-4-14-7-11-16(12-8-14)15-9-5-13(2)6-10-15/h3-12H,2H2,1H3/q+1/b4-3+. The highest BCUT2D eigenvalue weighted by Gasteiger charge is 1.99. The molecule has 0 spiro atoms. The van der Waals surface area contributed by atoms with Crippen LogP contribution < -0.4 is 0 Å². The first kappa shape index (κ1) is 10.6. The van der Waals surface area contributed by atoms with Crippen LogP contribution in [-0.2, 0) is 0 Å². The van der Waals surface area contributed by atoms with Crippen LogP contribution in [-0.4, -0.2) is 0 Å². The van der Waals surface area contributed by atoms with Crippen molar-refractivity contribution in [3.63, 3.8) is 0 Å². The maximum Gasteiger partial charge on any atom is 0.126 e. The van der Waals surface area contributed by atoms with Gasteiger partial charge in [-0.3, -0.25) is 0 Å². The van der Waals surface area contributed by atoms with E-state index in [1.165, 1.54) is 16.7 Å². The molecule has 0 aromatic heterocycles. The summed E-state index contributed by atoms with van der Waals surface area (Å²) in [4.78, 5) is 0. The molecule has 0 atom stereocenters. The average molecular weight is 207 g/mol.